The molecule has 102 valence electrons. The fourth-order valence-electron chi connectivity index (χ4n) is 2.31. The summed E-state index contributed by atoms with van der Waals surface area (Å²) in [5.74, 6) is -0.0359. The van der Waals surface area contributed by atoms with Gasteiger partial charge in [0, 0.05) is 22.5 Å². The zero-order valence-corrected chi connectivity index (χ0v) is 11.5. The maximum atomic E-state index is 12.1. The van der Waals surface area contributed by atoms with Crippen LogP contribution in [0.4, 0.5) is 5.69 Å². The number of amides is 1. The minimum atomic E-state index is -0.0359. The number of hydrogen-bond donors (Lipinski definition) is 2. The molecule has 1 amide bonds. The van der Waals surface area contributed by atoms with Crippen LogP contribution in [-0.4, -0.2) is 20.7 Å². The number of hydrogen-bond acceptors (Lipinski definition) is 2. The normalized spacial score (nSPS) is 10.9. The number of fused-ring (bicyclic) bond motifs is 1. The highest BCUT2D eigenvalue weighted by Gasteiger charge is 2.08. The largest absolute Gasteiger partial charge is 0.340 e. The first-order valence-corrected chi connectivity index (χ1v) is 6.49. The second-order valence-electron chi connectivity index (χ2n) is 4.92. The molecule has 0 saturated carbocycles. The van der Waals surface area contributed by atoms with E-state index in [1.807, 2.05) is 48.7 Å². The van der Waals surface area contributed by atoms with Crippen LogP contribution in [-0.2, 0) is 11.3 Å². The smallest absolute Gasteiger partial charge is 0.244 e. The van der Waals surface area contributed by atoms with Gasteiger partial charge in [0.1, 0.15) is 6.54 Å². The van der Waals surface area contributed by atoms with E-state index < -0.39 is 0 Å². The molecule has 2 N–H and O–H groups in total. The van der Waals surface area contributed by atoms with Gasteiger partial charge < -0.3 is 9.88 Å². The standard InChI is InChI=1S/C15H16N4O/c1-10-3-4-11(2)19(10)9-15(20)17-13-6-5-12-8-16-18-14(12)7-13/h3-8H,9H2,1-2H3,(H,16,18)(H,17,20). The maximum Gasteiger partial charge on any atom is 0.244 e. The molecule has 0 aliphatic carbocycles. The van der Waals surface area contributed by atoms with Crippen LogP contribution >= 0.6 is 0 Å². The molecule has 0 unspecified atom stereocenters. The van der Waals surface area contributed by atoms with Crippen molar-refractivity contribution in [3.05, 3.63) is 47.9 Å². The van der Waals surface area contributed by atoms with Crippen LogP contribution in [0.5, 0.6) is 0 Å². The lowest BCUT2D eigenvalue weighted by Crippen LogP contribution is -2.20. The van der Waals surface area contributed by atoms with E-state index in [1.54, 1.807) is 6.20 Å². The fourth-order valence-corrected chi connectivity index (χ4v) is 2.31. The molecular weight excluding hydrogens is 252 g/mol. The van der Waals surface area contributed by atoms with Crippen molar-refractivity contribution in [1.82, 2.24) is 14.8 Å². The van der Waals surface area contributed by atoms with Crippen molar-refractivity contribution < 1.29 is 4.79 Å². The van der Waals surface area contributed by atoms with Gasteiger partial charge >= 0.3 is 0 Å². The molecule has 1 aromatic carbocycles. The van der Waals surface area contributed by atoms with Gasteiger partial charge in [0.05, 0.1) is 11.7 Å². The molecule has 0 aliphatic rings. The van der Waals surface area contributed by atoms with E-state index in [2.05, 4.69) is 15.5 Å². The Morgan fingerprint density at radius 2 is 2.00 bits per heavy atom. The Labute approximate surface area is 116 Å². The van der Waals surface area contributed by atoms with Crippen molar-refractivity contribution in [2.75, 3.05) is 5.32 Å². The van der Waals surface area contributed by atoms with Gasteiger partial charge in [-0.2, -0.15) is 5.10 Å². The first-order chi connectivity index (χ1) is 9.63. The molecule has 2 aromatic heterocycles. The molecule has 3 aromatic rings. The number of nitrogens with one attached hydrogen (secondary N) is 2. The lowest BCUT2D eigenvalue weighted by atomic mass is 10.2. The number of H-pyrrole nitrogens is 1. The highest BCUT2D eigenvalue weighted by Crippen LogP contribution is 2.16. The Balaban J connectivity index is 1.75. The Morgan fingerprint density at radius 3 is 2.75 bits per heavy atom. The zero-order valence-electron chi connectivity index (χ0n) is 11.5. The second kappa shape index (κ2) is 4.85. The number of aromatic amines is 1. The van der Waals surface area contributed by atoms with E-state index in [0.717, 1.165) is 28.0 Å². The molecule has 5 heteroatoms. The monoisotopic (exact) mass is 268 g/mol. The molecule has 5 nitrogen and oxygen atoms in total. The van der Waals surface area contributed by atoms with E-state index in [4.69, 9.17) is 0 Å². The summed E-state index contributed by atoms with van der Waals surface area (Å²) in [5, 5.41) is 10.8. The van der Waals surface area contributed by atoms with Gasteiger partial charge in [-0.25, -0.2) is 0 Å². The number of rotatable bonds is 3. The summed E-state index contributed by atoms with van der Waals surface area (Å²) in [7, 11) is 0. The third-order valence-electron chi connectivity index (χ3n) is 3.44. The molecule has 2 heterocycles. The SMILES string of the molecule is Cc1ccc(C)n1CC(=O)Nc1ccc2cn[nH]c2c1. The Morgan fingerprint density at radius 1 is 1.25 bits per heavy atom. The Bertz CT molecular complexity index is 750. The molecule has 0 saturated heterocycles. The number of aromatic nitrogens is 3. The van der Waals surface area contributed by atoms with Crippen LogP contribution < -0.4 is 5.32 Å². The summed E-state index contributed by atoms with van der Waals surface area (Å²) in [6.07, 6.45) is 1.76. The van der Waals surface area contributed by atoms with Crippen LogP contribution in [0, 0.1) is 13.8 Å². The molecule has 0 atom stereocenters. The highest BCUT2D eigenvalue weighted by molar-refractivity contribution is 5.93. The van der Waals surface area contributed by atoms with E-state index in [1.165, 1.54) is 0 Å². The number of nitrogens with zero attached hydrogens (tertiary/aromatic N) is 2. The van der Waals surface area contributed by atoms with Crippen LogP contribution in [0.2, 0.25) is 0 Å². The quantitative estimate of drug-likeness (QED) is 0.767. The van der Waals surface area contributed by atoms with E-state index >= 15 is 0 Å². The summed E-state index contributed by atoms with van der Waals surface area (Å²) >= 11 is 0. The van der Waals surface area contributed by atoms with Gasteiger partial charge in [0.2, 0.25) is 5.91 Å². The maximum absolute atomic E-state index is 12.1. The Hall–Kier alpha value is -2.56. The third-order valence-corrected chi connectivity index (χ3v) is 3.44. The van der Waals surface area contributed by atoms with Crippen molar-refractivity contribution in [3.8, 4) is 0 Å². The lowest BCUT2D eigenvalue weighted by Gasteiger charge is -2.10. The van der Waals surface area contributed by atoms with E-state index in [0.29, 0.717) is 6.54 Å². The van der Waals surface area contributed by atoms with Crippen molar-refractivity contribution in [2.24, 2.45) is 0 Å². The number of anilines is 1. The summed E-state index contributed by atoms with van der Waals surface area (Å²) in [5.41, 5.74) is 3.86. The summed E-state index contributed by atoms with van der Waals surface area (Å²) in [6.45, 7) is 4.32. The summed E-state index contributed by atoms with van der Waals surface area (Å²) in [4.78, 5) is 12.1. The average Bonchev–Trinajstić information content (AvgIpc) is 3.00. The van der Waals surface area contributed by atoms with E-state index in [-0.39, 0.29) is 5.91 Å². The van der Waals surface area contributed by atoms with Gasteiger partial charge in [-0.05, 0) is 44.2 Å². The van der Waals surface area contributed by atoms with Gasteiger partial charge in [-0.1, -0.05) is 0 Å². The molecule has 0 radical (unpaired) electrons. The van der Waals surface area contributed by atoms with Gasteiger partial charge in [0.25, 0.3) is 0 Å². The minimum Gasteiger partial charge on any atom is -0.340 e. The Kier molecular flexibility index (Phi) is 3.02. The van der Waals surface area contributed by atoms with Gasteiger partial charge in [0.15, 0.2) is 0 Å². The van der Waals surface area contributed by atoms with Gasteiger partial charge in [-0.3, -0.25) is 9.89 Å². The van der Waals surface area contributed by atoms with Crippen molar-refractivity contribution in [2.45, 2.75) is 20.4 Å². The first kappa shape index (κ1) is 12.5. The topological polar surface area (TPSA) is 62.7 Å². The number of benzene rings is 1. The predicted molar refractivity (Wildman–Crippen MR) is 78.6 cm³/mol. The molecule has 0 spiro atoms. The molecule has 3 rings (SSSR count). The molecule has 0 aliphatic heterocycles. The molecular formula is C15H16N4O. The molecule has 20 heavy (non-hydrogen) atoms. The average molecular weight is 268 g/mol. The van der Waals surface area contributed by atoms with Crippen molar-refractivity contribution >= 4 is 22.5 Å². The first-order valence-electron chi connectivity index (χ1n) is 6.49. The third kappa shape index (κ3) is 2.30. The lowest BCUT2D eigenvalue weighted by molar-refractivity contribution is -0.116. The van der Waals surface area contributed by atoms with Crippen molar-refractivity contribution in [3.63, 3.8) is 0 Å². The van der Waals surface area contributed by atoms with Gasteiger partial charge in [-0.15, -0.1) is 0 Å². The van der Waals surface area contributed by atoms with E-state index in [9.17, 15) is 4.79 Å². The summed E-state index contributed by atoms with van der Waals surface area (Å²) < 4.78 is 1.99. The van der Waals surface area contributed by atoms with Crippen LogP contribution in [0.25, 0.3) is 10.9 Å². The molecule has 0 bridgehead atoms. The van der Waals surface area contributed by atoms with Crippen LogP contribution in [0.1, 0.15) is 11.4 Å². The van der Waals surface area contributed by atoms with Crippen LogP contribution in [0.3, 0.4) is 0 Å². The number of carbonyl (C=O) groups is 1. The number of carbonyl (C=O) groups excluding carboxylic acids is 1. The zero-order chi connectivity index (χ0) is 14.1. The fraction of sp³-hybridized carbons (Fsp3) is 0.200. The predicted octanol–water partition coefficient (Wildman–Crippen LogP) is 2.62. The summed E-state index contributed by atoms with van der Waals surface area (Å²) in [6, 6.07) is 9.72. The number of aryl methyl sites for hydroxylation is 2. The second-order valence-corrected chi connectivity index (χ2v) is 4.92. The minimum absolute atomic E-state index is 0.0359. The van der Waals surface area contributed by atoms with Crippen molar-refractivity contribution in [1.29, 1.82) is 0 Å². The van der Waals surface area contributed by atoms with Crippen LogP contribution in [0.15, 0.2) is 36.5 Å². The molecule has 0 fully saturated rings. The highest BCUT2D eigenvalue weighted by atomic mass is 16.1.